The third-order valence-electron chi connectivity index (χ3n) is 5.76. The Hall–Kier alpha value is -2.71. The number of anilines is 1. The third kappa shape index (κ3) is 4.50. The molecule has 0 bridgehead atoms. The van der Waals surface area contributed by atoms with Gasteiger partial charge in [0, 0.05) is 17.6 Å². The van der Waals surface area contributed by atoms with Gasteiger partial charge in [0.2, 0.25) is 0 Å². The fourth-order valence-electron chi connectivity index (χ4n) is 4.31. The lowest BCUT2D eigenvalue weighted by molar-refractivity contribution is 0.102. The largest absolute Gasteiger partial charge is 0.328 e. The van der Waals surface area contributed by atoms with Crippen LogP contribution in [-0.4, -0.2) is 21.9 Å². The lowest BCUT2D eigenvalue weighted by Gasteiger charge is -2.32. The zero-order valence-corrected chi connectivity index (χ0v) is 18.2. The van der Waals surface area contributed by atoms with Crippen LogP contribution in [0.1, 0.15) is 53.7 Å². The highest BCUT2D eigenvalue weighted by atomic mass is 32.1. The summed E-state index contributed by atoms with van der Waals surface area (Å²) in [4.78, 5) is 21.2. The number of hydrogen-bond acceptors (Lipinski definition) is 5. The predicted molar refractivity (Wildman–Crippen MR) is 118 cm³/mol. The molecule has 0 aliphatic heterocycles. The molecule has 2 heterocycles. The Bertz CT molecular complexity index is 1110. The number of halogens is 2. The van der Waals surface area contributed by atoms with Crippen molar-refractivity contribution in [3.63, 3.8) is 0 Å². The zero-order valence-electron chi connectivity index (χ0n) is 17.4. The number of carbonyl (C=O) groups excluding carboxylic acids is 1. The standard InChI is InChI=1S/C23H24F2N4OS/c1-12-7-14(9-15(26)8-12)16-5-6-27-10-18(16)28-22(30)19-11-31-23(29-19)20-17(24)4-3-13(2)21(20)25/h3-6,10-12,14-15H,7-9,26H2,1-2H3,(H,28,30). The summed E-state index contributed by atoms with van der Waals surface area (Å²) >= 11 is 1.03. The Morgan fingerprint density at radius 1 is 1.23 bits per heavy atom. The number of hydrogen-bond donors (Lipinski definition) is 2. The minimum Gasteiger partial charge on any atom is -0.328 e. The summed E-state index contributed by atoms with van der Waals surface area (Å²) in [5, 5.41) is 4.50. The topological polar surface area (TPSA) is 80.9 Å². The number of carbonyl (C=O) groups is 1. The first-order valence-corrected chi connectivity index (χ1v) is 11.1. The Morgan fingerprint density at radius 3 is 2.81 bits per heavy atom. The van der Waals surface area contributed by atoms with E-state index in [0.717, 1.165) is 36.2 Å². The third-order valence-corrected chi connectivity index (χ3v) is 6.62. The number of pyridine rings is 1. The number of amides is 1. The number of benzene rings is 1. The molecule has 3 atom stereocenters. The summed E-state index contributed by atoms with van der Waals surface area (Å²) in [7, 11) is 0. The highest BCUT2D eigenvalue weighted by Crippen LogP contribution is 2.38. The van der Waals surface area contributed by atoms with E-state index < -0.39 is 17.5 Å². The summed E-state index contributed by atoms with van der Waals surface area (Å²) in [6.07, 6.45) is 6.17. The van der Waals surface area contributed by atoms with Crippen LogP contribution in [0.2, 0.25) is 0 Å². The van der Waals surface area contributed by atoms with Crippen molar-refractivity contribution in [2.75, 3.05) is 5.32 Å². The second-order valence-electron chi connectivity index (χ2n) is 8.28. The Morgan fingerprint density at radius 2 is 2.03 bits per heavy atom. The fourth-order valence-corrected chi connectivity index (χ4v) is 5.15. The fraction of sp³-hybridized carbons (Fsp3) is 0.348. The predicted octanol–water partition coefficient (Wildman–Crippen LogP) is 5.27. The molecule has 3 N–H and O–H groups in total. The van der Waals surface area contributed by atoms with Crippen molar-refractivity contribution >= 4 is 22.9 Å². The quantitative estimate of drug-likeness (QED) is 0.576. The minimum absolute atomic E-state index is 0.101. The van der Waals surface area contributed by atoms with E-state index in [9.17, 15) is 13.6 Å². The molecule has 3 aromatic rings. The first-order chi connectivity index (χ1) is 14.8. The molecule has 4 rings (SSSR count). The first-order valence-electron chi connectivity index (χ1n) is 10.2. The first kappa shape index (κ1) is 21.5. The maximum absolute atomic E-state index is 14.4. The van der Waals surface area contributed by atoms with Gasteiger partial charge in [0.25, 0.3) is 5.91 Å². The molecule has 1 amide bonds. The lowest BCUT2D eigenvalue weighted by atomic mass is 9.76. The number of nitrogens with zero attached hydrogens (tertiary/aromatic N) is 2. The van der Waals surface area contributed by atoms with Crippen LogP contribution in [-0.2, 0) is 0 Å². The smallest absolute Gasteiger partial charge is 0.275 e. The minimum atomic E-state index is -0.707. The van der Waals surface area contributed by atoms with Gasteiger partial charge < -0.3 is 11.1 Å². The van der Waals surface area contributed by atoms with E-state index in [0.29, 0.717) is 17.2 Å². The van der Waals surface area contributed by atoms with Gasteiger partial charge in [-0.3, -0.25) is 9.78 Å². The van der Waals surface area contributed by atoms with Crippen LogP contribution in [0.5, 0.6) is 0 Å². The number of nitrogens with one attached hydrogen (secondary N) is 1. The van der Waals surface area contributed by atoms with Crippen molar-refractivity contribution in [3.8, 4) is 10.6 Å². The second kappa shape index (κ2) is 8.80. The van der Waals surface area contributed by atoms with Crippen molar-refractivity contribution in [1.29, 1.82) is 0 Å². The Kier molecular flexibility index (Phi) is 6.11. The van der Waals surface area contributed by atoms with Gasteiger partial charge in [-0.1, -0.05) is 13.0 Å². The lowest BCUT2D eigenvalue weighted by Crippen LogP contribution is -2.31. The van der Waals surface area contributed by atoms with E-state index in [4.69, 9.17) is 5.73 Å². The number of nitrogens with two attached hydrogens (primary N) is 1. The van der Waals surface area contributed by atoms with Crippen LogP contribution in [0.15, 0.2) is 36.0 Å². The number of thiazole rings is 1. The molecule has 1 fully saturated rings. The summed E-state index contributed by atoms with van der Waals surface area (Å²) < 4.78 is 28.6. The van der Waals surface area contributed by atoms with E-state index in [1.165, 1.54) is 17.5 Å². The Labute approximate surface area is 183 Å². The number of rotatable bonds is 4. The molecule has 5 nitrogen and oxygen atoms in total. The summed E-state index contributed by atoms with van der Waals surface area (Å²) in [6, 6.07) is 4.62. The molecule has 0 radical (unpaired) electrons. The average molecular weight is 443 g/mol. The average Bonchev–Trinajstić information content (AvgIpc) is 3.21. The molecule has 1 aromatic carbocycles. The van der Waals surface area contributed by atoms with Crippen LogP contribution in [0.25, 0.3) is 10.6 Å². The van der Waals surface area contributed by atoms with Gasteiger partial charge in [-0.05, 0) is 61.3 Å². The van der Waals surface area contributed by atoms with Gasteiger partial charge in [0.15, 0.2) is 0 Å². The molecule has 2 aromatic heterocycles. The van der Waals surface area contributed by atoms with Gasteiger partial charge in [0.1, 0.15) is 22.3 Å². The van der Waals surface area contributed by atoms with E-state index in [1.54, 1.807) is 19.3 Å². The van der Waals surface area contributed by atoms with Gasteiger partial charge >= 0.3 is 0 Å². The van der Waals surface area contributed by atoms with Crippen molar-refractivity contribution in [2.24, 2.45) is 11.7 Å². The normalized spacial score (nSPS) is 21.1. The van der Waals surface area contributed by atoms with Crippen molar-refractivity contribution in [1.82, 2.24) is 9.97 Å². The van der Waals surface area contributed by atoms with Gasteiger partial charge in [-0.25, -0.2) is 13.8 Å². The van der Waals surface area contributed by atoms with Crippen LogP contribution >= 0.6 is 11.3 Å². The monoisotopic (exact) mass is 442 g/mol. The van der Waals surface area contributed by atoms with E-state index >= 15 is 0 Å². The van der Waals surface area contributed by atoms with Crippen LogP contribution in [0.3, 0.4) is 0 Å². The van der Waals surface area contributed by atoms with Crippen molar-refractivity contribution in [3.05, 3.63) is 64.4 Å². The maximum atomic E-state index is 14.4. The Balaban J connectivity index is 1.58. The van der Waals surface area contributed by atoms with E-state index in [2.05, 4.69) is 22.2 Å². The molecule has 31 heavy (non-hydrogen) atoms. The van der Waals surface area contributed by atoms with E-state index in [-0.39, 0.29) is 28.2 Å². The second-order valence-corrected chi connectivity index (χ2v) is 9.14. The maximum Gasteiger partial charge on any atom is 0.275 e. The van der Waals surface area contributed by atoms with Crippen molar-refractivity contribution in [2.45, 2.75) is 45.1 Å². The number of aryl methyl sites for hydroxylation is 1. The molecule has 1 aliphatic rings. The SMILES string of the molecule is Cc1ccc(F)c(-c2nc(C(=O)Nc3cnccc3C3CC(C)CC(N)C3)cs2)c1F. The highest BCUT2D eigenvalue weighted by Gasteiger charge is 2.28. The van der Waals surface area contributed by atoms with Crippen LogP contribution in [0.4, 0.5) is 14.5 Å². The molecule has 3 unspecified atom stereocenters. The highest BCUT2D eigenvalue weighted by molar-refractivity contribution is 7.13. The molecular weight excluding hydrogens is 418 g/mol. The zero-order chi connectivity index (χ0) is 22.1. The molecular formula is C23H24F2N4OS. The molecule has 1 aliphatic carbocycles. The van der Waals surface area contributed by atoms with Crippen LogP contribution < -0.4 is 11.1 Å². The molecule has 0 saturated heterocycles. The number of aromatic nitrogens is 2. The molecule has 0 spiro atoms. The molecule has 1 saturated carbocycles. The van der Waals surface area contributed by atoms with Gasteiger partial charge in [0.05, 0.1) is 17.4 Å². The van der Waals surface area contributed by atoms with Crippen molar-refractivity contribution < 1.29 is 13.6 Å². The summed E-state index contributed by atoms with van der Waals surface area (Å²) in [5.41, 5.74) is 8.03. The van der Waals surface area contributed by atoms with Gasteiger partial charge in [-0.2, -0.15) is 0 Å². The summed E-state index contributed by atoms with van der Waals surface area (Å²) in [6.45, 7) is 3.74. The van der Waals surface area contributed by atoms with Gasteiger partial charge in [-0.15, -0.1) is 11.3 Å². The van der Waals surface area contributed by atoms with E-state index in [1.807, 2.05) is 6.07 Å². The summed E-state index contributed by atoms with van der Waals surface area (Å²) in [5.74, 6) is -1.08. The van der Waals surface area contributed by atoms with Crippen LogP contribution in [0, 0.1) is 24.5 Å². The molecule has 8 heteroatoms. The molecule has 162 valence electrons.